The maximum absolute atomic E-state index is 12.9. The largest absolute Gasteiger partial charge is 0.339 e. The monoisotopic (exact) mass is 427 g/mol. The Balaban J connectivity index is 1.34. The second-order valence-corrected chi connectivity index (χ2v) is 8.88. The highest BCUT2D eigenvalue weighted by Gasteiger charge is 2.39. The van der Waals surface area contributed by atoms with Crippen LogP contribution in [0.1, 0.15) is 41.6 Å². The molecule has 7 heteroatoms. The molecule has 0 aromatic heterocycles. The molecule has 0 N–H and O–H groups in total. The molecule has 1 spiro atoms. The van der Waals surface area contributed by atoms with Crippen molar-refractivity contribution in [3.63, 3.8) is 0 Å². The number of likely N-dealkylation sites (tertiary alicyclic amines) is 2. The van der Waals surface area contributed by atoms with Crippen LogP contribution >= 0.6 is 11.6 Å². The number of nitro groups is 1. The molecule has 2 aromatic carbocycles. The lowest BCUT2D eigenvalue weighted by molar-refractivity contribution is -0.384. The van der Waals surface area contributed by atoms with Gasteiger partial charge in [0.15, 0.2) is 0 Å². The van der Waals surface area contributed by atoms with E-state index < -0.39 is 4.92 Å². The maximum atomic E-state index is 12.9. The summed E-state index contributed by atoms with van der Waals surface area (Å²) in [6.45, 7) is 4.51. The molecule has 2 aromatic rings. The first-order valence-corrected chi connectivity index (χ1v) is 10.8. The molecule has 0 aliphatic carbocycles. The van der Waals surface area contributed by atoms with Crippen LogP contribution in [0.5, 0.6) is 0 Å². The maximum Gasteiger partial charge on any atom is 0.270 e. The average Bonchev–Trinajstić information content (AvgIpc) is 2.76. The van der Waals surface area contributed by atoms with Gasteiger partial charge >= 0.3 is 0 Å². The normalized spacial score (nSPS) is 19.0. The molecular formula is C23H26ClN3O3. The summed E-state index contributed by atoms with van der Waals surface area (Å²) < 4.78 is 0. The summed E-state index contributed by atoms with van der Waals surface area (Å²) >= 11 is 6.16. The summed E-state index contributed by atoms with van der Waals surface area (Å²) in [4.78, 5) is 27.8. The van der Waals surface area contributed by atoms with Gasteiger partial charge in [0.2, 0.25) is 0 Å². The molecular weight excluding hydrogens is 402 g/mol. The Hall–Kier alpha value is -2.44. The molecule has 0 bridgehead atoms. The van der Waals surface area contributed by atoms with Crippen LogP contribution in [0, 0.1) is 15.5 Å². The van der Waals surface area contributed by atoms with Crippen molar-refractivity contribution in [3.05, 3.63) is 74.8 Å². The van der Waals surface area contributed by atoms with Crippen LogP contribution in [-0.2, 0) is 6.54 Å². The topological polar surface area (TPSA) is 66.7 Å². The molecule has 2 fully saturated rings. The van der Waals surface area contributed by atoms with Gasteiger partial charge in [0.1, 0.15) is 0 Å². The fourth-order valence-corrected chi connectivity index (χ4v) is 4.87. The average molecular weight is 428 g/mol. The number of amides is 1. The quantitative estimate of drug-likeness (QED) is 0.520. The van der Waals surface area contributed by atoms with E-state index in [1.807, 2.05) is 6.07 Å². The molecule has 4 rings (SSSR count). The highest BCUT2D eigenvalue weighted by atomic mass is 35.5. The lowest BCUT2D eigenvalue weighted by Crippen LogP contribution is -2.48. The Labute approximate surface area is 181 Å². The van der Waals surface area contributed by atoms with Gasteiger partial charge in [-0.15, -0.1) is 0 Å². The third-order valence-electron chi connectivity index (χ3n) is 6.67. The van der Waals surface area contributed by atoms with E-state index in [-0.39, 0.29) is 22.2 Å². The second kappa shape index (κ2) is 8.74. The van der Waals surface area contributed by atoms with Crippen molar-refractivity contribution in [2.75, 3.05) is 26.2 Å². The number of hydrogen-bond acceptors (Lipinski definition) is 4. The highest BCUT2D eigenvalue weighted by Crippen LogP contribution is 2.42. The van der Waals surface area contributed by atoms with Gasteiger partial charge in [-0.3, -0.25) is 19.8 Å². The lowest BCUT2D eigenvalue weighted by atomic mass is 9.71. The Morgan fingerprint density at radius 1 is 1.00 bits per heavy atom. The van der Waals surface area contributed by atoms with Gasteiger partial charge < -0.3 is 4.90 Å². The number of nitrogens with zero attached hydrogens (tertiary/aromatic N) is 3. The van der Waals surface area contributed by atoms with E-state index in [1.54, 1.807) is 4.90 Å². The van der Waals surface area contributed by atoms with Crippen molar-refractivity contribution < 1.29 is 9.72 Å². The molecule has 6 nitrogen and oxygen atoms in total. The molecule has 2 heterocycles. The third kappa shape index (κ3) is 4.50. The molecule has 0 unspecified atom stereocenters. The van der Waals surface area contributed by atoms with Crippen LogP contribution in [0.2, 0.25) is 5.02 Å². The summed E-state index contributed by atoms with van der Waals surface area (Å²) in [5.41, 5.74) is 1.76. The number of carbonyl (C=O) groups excluding carboxylic acids is 1. The number of non-ortho nitro benzene ring substituents is 1. The molecule has 0 saturated carbocycles. The van der Waals surface area contributed by atoms with Gasteiger partial charge in [-0.2, -0.15) is 0 Å². The molecule has 2 saturated heterocycles. The molecule has 0 atom stereocenters. The molecule has 2 aliphatic heterocycles. The number of halogens is 1. The zero-order chi connectivity index (χ0) is 21.1. The van der Waals surface area contributed by atoms with Gasteiger partial charge in [-0.1, -0.05) is 41.9 Å². The van der Waals surface area contributed by atoms with Crippen molar-refractivity contribution in [3.8, 4) is 0 Å². The number of benzene rings is 2. The van der Waals surface area contributed by atoms with Crippen molar-refractivity contribution >= 4 is 23.2 Å². The molecule has 158 valence electrons. The van der Waals surface area contributed by atoms with E-state index in [0.717, 1.165) is 45.3 Å². The Morgan fingerprint density at radius 3 is 2.27 bits per heavy atom. The van der Waals surface area contributed by atoms with Crippen molar-refractivity contribution in [1.29, 1.82) is 0 Å². The summed E-state index contributed by atoms with van der Waals surface area (Å²) in [6.07, 6.45) is 4.26. The molecule has 0 radical (unpaired) electrons. The van der Waals surface area contributed by atoms with Crippen LogP contribution < -0.4 is 0 Å². The summed E-state index contributed by atoms with van der Waals surface area (Å²) in [5.74, 6) is -0.208. The van der Waals surface area contributed by atoms with E-state index in [9.17, 15) is 14.9 Å². The molecule has 1 amide bonds. The Kier molecular flexibility index (Phi) is 6.06. The van der Waals surface area contributed by atoms with Crippen LogP contribution in [-0.4, -0.2) is 46.8 Å². The third-order valence-corrected chi connectivity index (χ3v) is 7.00. The Morgan fingerprint density at radius 2 is 1.63 bits per heavy atom. The lowest BCUT2D eigenvalue weighted by Gasteiger charge is -2.47. The standard InChI is InChI=1S/C23H26ClN3O3/c24-21-7-6-19(27(29)30)16-20(21)22(28)26-14-10-23(11-15-26)8-12-25(13-9-23)17-18-4-2-1-3-5-18/h1-7,16H,8-15,17H2. The first-order chi connectivity index (χ1) is 14.5. The van der Waals surface area contributed by atoms with E-state index in [2.05, 4.69) is 29.2 Å². The van der Waals surface area contributed by atoms with Crippen LogP contribution in [0.25, 0.3) is 0 Å². The predicted molar refractivity (Wildman–Crippen MR) is 117 cm³/mol. The minimum absolute atomic E-state index is 0.109. The SMILES string of the molecule is O=C(c1cc([N+](=O)[O-])ccc1Cl)N1CCC2(CCN(Cc3ccccc3)CC2)CC1. The predicted octanol–water partition coefficient (Wildman–Crippen LogP) is 4.77. The van der Waals surface area contributed by atoms with Gasteiger partial charge in [0.05, 0.1) is 15.5 Å². The van der Waals surface area contributed by atoms with Gasteiger partial charge in [-0.25, -0.2) is 0 Å². The van der Waals surface area contributed by atoms with E-state index in [4.69, 9.17) is 11.6 Å². The minimum Gasteiger partial charge on any atom is -0.339 e. The summed E-state index contributed by atoms with van der Waals surface area (Å²) in [7, 11) is 0. The van der Waals surface area contributed by atoms with E-state index in [1.165, 1.54) is 23.8 Å². The zero-order valence-electron chi connectivity index (χ0n) is 16.9. The van der Waals surface area contributed by atoms with Gasteiger partial charge in [0, 0.05) is 31.8 Å². The van der Waals surface area contributed by atoms with Crippen molar-refractivity contribution in [2.24, 2.45) is 5.41 Å². The number of carbonyl (C=O) groups is 1. The summed E-state index contributed by atoms with van der Waals surface area (Å²) in [5, 5.41) is 11.3. The first kappa shape index (κ1) is 20.8. The highest BCUT2D eigenvalue weighted by molar-refractivity contribution is 6.33. The number of hydrogen-bond donors (Lipinski definition) is 0. The van der Waals surface area contributed by atoms with Crippen molar-refractivity contribution in [1.82, 2.24) is 9.80 Å². The number of nitro benzene ring substituents is 1. The molecule has 30 heavy (non-hydrogen) atoms. The van der Waals surface area contributed by atoms with E-state index in [0.29, 0.717) is 18.5 Å². The summed E-state index contributed by atoms with van der Waals surface area (Å²) in [6, 6.07) is 14.6. The zero-order valence-corrected chi connectivity index (χ0v) is 17.7. The smallest absolute Gasteiger partial charge is 0.270 e. The first-order valence-electron chi connectivity index (χ1n) is 10.5. The van der Waals surface area contributed by atoms with Crippen molar-refractivity contribution in [2.45, 2.75) is 32.2 Å². The fourth-order valence-electron chi connectivity index (χ4n) is 4.67. The number of rotatable bonds is 4. The van der Waals surface area contributed by atoms with E-state index >= 15 is 0 Å². The van der Waals surface area contributed by atoms with Gasteiger partial charge in [-0.05, 0) is 55.8 Å². The molecule has 2 aliphatic rings. The Bertz CT molecular complexity index is 917. The van der Waals surface area contributed by atoms with Gasteiger partial charge in [0.25, 0.3) is 11.6 Å². The number of piperidine rings is 2. The van der Waals surface area contributed by atoms with Crippen LogP contribution in [0.3, 0.4) is 0 Å². The second-order valence-electron chi connectivity index (χ2n) is 8.48. The van der Waals surface area contributed by atoms with Crippen LogP contribution in [0.15, 0.2) is 48.5 Å². The fraction of sp³-hybridized carbons (Fsp3) is 0.435. The minimum atomic E-state index is -0.498. The van der Waals surface area contributed by atoms with Crippen LogP contribution in [0.4, 0.5) is 5.69 Å².